The zero-order chi connectivity index (χ0) is 12.8. The van der Waals surface area contributed by atoms with Crippen LogP contribution in [0.1, 0.15) is 13.8 Å². The van der Waals surface area contributed by atoms with Gasteiger partial charge in [0.05, 0.1) is 24.5 Å². The van der Waals surface area contributed by atoms with Gasteiger partial charge in [0.15, 0.2) is 0 Å². The lowest BCUT2D eigenvalue weighted by Gasteiger charge is -2.24. The van der Waals surface area contributed by atoms with Crippen LogP contribution in [0, 0.1) is 0 Å². The van der Waals surface area contributed by atoms with Crippen LogP contribution >= 0.6 is 0 Å². The van der Waals surface area contributed by atoms with E-state index in [1.807, 2.05) is 30.9 Å². The number of carbonyl (C=O) groups is 1. The third-order valence-electron chi connectivity index (χ3n) is 2.41. The predicted molar refractivity (Wildman–Crippen MR) is 69.1 cm³/mol. The van der Waals surface area contributed by atoms with E-state index >= 15 is 0 Å². The van der Waals surface area contributed by atoms with Gasteiger partial charge < -0.3 is 21.1 Å². The number of likely N-dealkylation sites (N-methyl/N-ethyl adjacent to an activating group) is 1. The molecule has 0 fully saturated rings. The molecule has 0 radical (unpaired) electrons. The van der Waals surface area contributed by atoms with Crippen molar-refractivity contribution in [2.24, 2.45) is 5.73 Å². The molecule has 5 nitrogen and oxygen atoms in total. The lowest BCUT2D eigenvalue weighted by atomic mass is 10.2. The maximum absolute atomic E-state index is 11.0. The van der Waals surface area contributed by atoms with E-state index in [4.69, 9.17) is 16.2 Å². The summed E-state index contributed by atoms with van der Waals surface area (Å²) < 4.78 is 5.41. The molecule has 1 amide bonds. The van der Waals surface area contributed by atoms with Crippen molar-refractivity contribution in [1.29, 1.82) is 0 Å². The van der Waals surface area contributed by atoms with Crippen molar-refractivity contribution in [3.05, 3.63) is 18.2 Å². The lowest BCUT2D eigenvalue weighted by molar-refractivity contribution is -0.116. The number of nitrogens with two attached hydrogens (primary N) is 2. The Bertz CT molecular complexity index is 393. The second-order valence-electron chi connectivity index (χ2n) is 3.60. The van der Waals surface area contributed by atoms with Crippen LogP contribution in [-0.4, -0.2) is 25.6 Å². The number of hydrogen-bond acceptors (Lipinski definition) is 4. The monoisotopic (exact) mass is 237 g/mol. The van der Waals surface area contributed by atoms with Crippen LogP contribution in [0.4, 0.5) is 11.4 Å². The quantitative estimate of drug-likeness (QED) is 0.723. The van der Waals surface area contributed by atoms with E-state index in [1.54, 1.807) is 6.07 Å². The van der Waals surface area contributed by atoms with E-state index in [-0.39, 0.29) is 12.5 Å². The van der Waals surface area contributed by atoms with Crippen molar-refractivity contribution in [3.63, 3.8) is 0 Å². The number of para-hydroxylation sites is 1. The van der Waals surface area contributed by atoms with Gasteiger partial charge in [-0.3, -0.25) is 4.79 Å². The normalized spacial score (nSPS) is 10.0. The number of anilines is 2. The number of amides is 1. The van der Waals surface area contributed by atoms with Crippen LogP contribution in [0.5, 0.6) is 5.75 Å². The van der Waals surface area contributed by atoms with Crippen molar-refractivity contribution in [3.8, 4) is 5.75 Å². The van der Waals surface area contributed by atoms with Gasteiger partial charge in [0, 0.05) is 6.54 Å². The molecule has 0 aliphatic carbocycles. The molecule has 0 spiro atoms. The third kappa shape index (κ3) is 3.27. The van der Waals surface area contributed by atoms with Crippen molar-refractivity contribution in [1.82, 2.24) is 0 Å². The summed E-state index contributed by atoms with van der Waals surface area (Å²) in [5, 5.41) is 0. The summed E-state index contributed by atoms with van der Waals surface area (Å²) in [6.07, 6.45) is 0. The molecule has 0 saturated heterocycles. The fourth-order valence-corrected chi connectivity index (χ4v) is 1.64. The van der Waals surface area contributed by atoms with Crippen LogP contribution in [0.3, 0.4) is 0 Å². The highest BCUT2D eigenvalue weighted by atomic mass is 16.5. The smallest absolute Gasteiger partial charge is 0.236 e. The maximum Gasteiger partial charge on any atom is 0.236 e. The Labute approximate surface area is 101 Å². The van der Waals surface area contributed by atoms with Crippen LogP contribution in [0.25, 0.3) is 0 Å². The highest BCUT2D eigenvalue weighted by Gasteiger charge is 2.13. The molecule has 94 valence electrons. The number of carbonyl (C=O) groups excluding carboxylic acids is 1. The summed E-state index contributed by atoms with van der Waals surface area (Å²) in [4.78, 5) is 12.8. The molecular formula is C12H19N3O2. The fourth-order valence-electron chi connectivity index (χ4n) is 1.64. The van der Waals surface area contributed by atoms with Crippen molar-refractivity contribution in [2.75, 3.05) is 30.3 Å². The molecule has 0 heterocycles. The number of nitrogens with zero attached hydrogens (tertiary/aromatic N) is 1. The van der Waals surface area contributed by atoms with Gasteiger partial charge in [-0.1, -0.05) is 6.07 Å². The number of benzene rings is 1. The molecule has 0 saturated carbocycles. The zero-order valence-electron chi connectivity index (χ0n) is 10.3. The van der Waals surface area contributed by atoms with E-state index in [1.165, 1.54) is 0 Å². The zero-order valence-corrected chi connectivity index (χ0v) is 10.3. The van der Waals surface area contributed by atoms with Gasteiger partial charge in [-0.05, 0) is 26.0 Å². The van der Waals surface area contributed by atoms with E-state index in [0.29, 0.717) is 24.6 Å². The summed E-state index contributed by atoms with van der Waals surface area (Å²) >= 11 is 0. The highest BCUT2D eigenvalue weighted by Crippen LogP contribution is 2.31. The number of ether oxygens (including phenoxy) is 1. The average molecular weight is 237 g/mol. The van der Waals surface area contributed by atoms with E-state index < -0.39 is 0 Å². The Balaban J connectivity index is 3.02. The third-order valence-corrected chi connectivity index (χ3v) is 2.41. The van der Waals surface area contributed by atoms with Crippen LogP contribution in [0.15, 0.2) is 18.2 Å². The molecule has 0 aliphatic heterocycles. The summed E-state index contributed by atoms with van der Waals surface area (Å²) in [6.45, 7) is 5.19. The van der Waals surface area contributed by atoms with Crippen molar-refractivity contribution in [2.45, 2.75) is 13.8 Å². The molecule has 0 bridgehead atoms. The minimum absolute atomic E-state index is 0.149. The summed E-state index contributed by atoms with van der Waals surface area (Å²) in [7, 11) is 0. The molecule has 17 heavy (non-hydrogen) atoms. The molecule has 0 aromatic heterocycles. The first-order chi connectivity index (χ1) is 8.10. The van der Waals surface area contributed by atoms with Gasteiger partial charge in [-0.15, -0.1) is 0 Å². The van der Waals surface area contributed by atoms with Gasteiger partial charge in [-0.25, -0.2) is 0 Å². The Kier molecular flexibility index (Phi) is 4.63. The van der Waals surface area contributed by atoms with E-state index in [9.17, 15) is 4.79 Å². The molecule has 0 unspecified atom stereocenters. The number of hydrogen-bond donors (Lipinski definition) is 2. The van der Waals surface area contributed by atoms with Crippen LogP contribution in [-0.2, 0) is 4.79 Å². The maximum atomic E-state index is 11.0. The highest BCUT2D eigenvalue weighted by molar-refractivity contribution is 5.83. The lowest BCUT2D eigenvalue weighted by Crippen LogP contribution is -2.34. The summed E-state index contributed by atoms with van der Waals surface area (Å²) in [5.41, 5.74) is 12.5. The Hall–Kier alpha value is -1.91. The van der Waals surface area contributed by atoms with Crippen molar-refractivity contribution < 1.29 is 9.53 Å². The van der Waals surface area contributed by atoms with Gasteiger partial charge in [0.2, 0.25) is 5.91 Å². The van der Waals surface area contributed by atoms with E-state index in [0.717, 1.165) is 5.69 Å². The predicted octanol–water partition coefficient (Wildman–Crippen LogP) is 0.979. The van der Waals surface area contributed by atoms with Gasteiger partial charge in [-0.2, -0.15) is 0 Å². The minimum Gasteiger partial charge on any atom is -0.492 e. The second kappa shape index (κ2) is 5.98. The molecule has 0 atom stereocenters. The van der Waals surface area contributed by atoms with Crippen LogP contribution < -0.4 is 21.1 Å². The Morgan fingerprint density at radius 3 is 2.65 bits per heavy atom. The topological polar surface area (TPSA) is 81.6 Å². The largest absolute Gasteiger partial charge is 0.492 e. The average Bonchev–Trinajstić information content (AvgIpc) is 2.29. The molecule has 5 heteroatoms. The Morgan fingerprint density at radius 1 is 1.41 bits per heavy atom. The molecular weight excluding hydrogens is 218 g/mol. The van der Waals surface area contributed by atoms with Crippen LogP contribution in [0.2, 0.25) is 0 Å². The fraction of sp³-hybridized carbons (Fsp3) is 0.417. The SMILES string of the molecule is CCOc1cccc(N(CC)CC(N)=O)c1N. The first-order valence-corrected chi connectivity index (χ1v) is 5.64. The van der Waals surface area contributed by atoms with Crippen molar-refractivity contribution >= 4 is 17.3 Å². The first kappa shape index (κ1) is 13.2. The van der Waals surface area contributed by atoms with Gasteiger partial charge in [0.1, 0.15) is 5.75 Å². The molecule has 0 aliphatic rings. The molecule has 1 rings (SSSR count). The molecule has 4 N–H and O–H groups in total. The summed E-state index contributed by atoms with van der Waals surface area (Å²) in [5.74, 6) is 0.251. The van der Waals surface area contributed by atoms with E-state index in [2.05, 4.69) is 0 Å². The summed E-state index contributed by atoms with van der Waals surface area (Å²) in [6, 6.07) is 5.51. The Morgan fingerprint density at radius 2 is 2.12 bits per heavy atom. The number of primary amides is 1. The van der Waals surface area contributed by atoms with Gasteiger partial charge >= 0.3 is 0 Å². The molecule has 1 aromatic rings. The molecule has 1 aromatic carbocycles. The first-order valence-electron chi connectivity index (χ1n) is 5.64. The van der Waals surface area contributed by atoms with Gasteiger partial charge in [0.25, 0.3) is 0 Å². The standard InChI is InChI=1S/C12H19N3O2/c1-3-15(8-11(13)16)9-6-5-7-10(12(9)14)17-4-2/h5-7H,3-4,8,14H2,1-2H3,(H2,13,16). The second-order valence-corrected chi connectivity index (χ2v) is 3.60. The number of nitrogen functional groups attached to an aromatic ring is 1. The number of rotatable bonds is 6. The minimum atomic E-state index is -0.381.